The van der Waals surface area contributed by atoms with Gasteiger partial charge in [0.1, 0.15) is 0 Å². The molecule has 0 atom stereocenters. The van der Waals surface area contributed by atoms with Crippen molar-refractivity contribution < 1.29 is 4.79 Å². The fourth-order valence-corrected chi connectivity index (χ4v) is 1.85. The van der Waals surface area contributed by atoms with Gasteiger partial charge in [-0.2, -0.15) is 0 Å². The molecule has 0 saturated heterocycles. The molecular weight excluding hydrogens is 214 g/mol. The zero-order valence-electron chi connectivity index (χ0n) is 10.4. The second kappa shape index (κ2) is 5.12. The lowest BCUT2D eigenvalue weighted by Crippen LogP contribution is -2.25. The van der Waals surface area contributed by atoms with E-state index < -0.39 is 8.07 Å². The average Bonchev–Trinajstić information content (AvgIpc) is 2.25. The zero-order valence-corrected chi connectivity index (χ0v) is 11.4. The van der Waals surface area contributed by atoms with Crippen molar-refractivity contribution >= 4 is 19.7 Å². The van der Waals surface area contributed by atoms with Crippen LogP contribution in [-0.4, -0.2) is 21.0 Å². The number of para-hydroxylation sites is 1. The third-order valence-electron chi connectivity index (χ3n) is 2.20. The molecule has 0 unspecified atom stereocenters. The molecule has 1 rings (SSSR count). The van der Waals surface area contributed by atoms with E-state index in [0.717, 1.165) is 5.69 Å². The molecule has 0 spiro atoms. The van der Waals surface area contributed by atoms with Gasteiger partial charge in [0, 0.05) is 12.7 Å². The van der Waals surface area contributed by atoms with Gasteiger partial charge < -0.3 is 4.90 Å². The molecule has 86 valence electrons. The van der Waals surface area contributed by atoms with E-state index in [0.29, 0.717) is 0 Å². The summed E-state index contributed by atoms with van der Waals surface area (Å²) < 4.78 is 0. The van der Waals surface area contributed by atoms with Crippen molar-refractivity contribution in [1.29, 1.82) is 0 Å². The van der Waals surface area contributed by atoms with Crippen LogP contribution in [0.4, 0.5) is 5.69 Å². The van der Waals surface area contributed by atoms with Crippen LogP contribution in [0.3, 0.4) is 0 Å². The largest absolute Gasteiger partial charge is 0.312 e. The van der Waals surface area contributed by atoms with Crippen molar-refractivity contribution in [2.75, 3.05) is 11.9 Å². The second-order valence-electron chi connectivity index (χ2n) is 4.93. The van der Waals surface area contributed by atoms with E-state index in [1.54, 1.807) is 18.0 Å². The summed E-state index contributed by atoms with van der Waals surface area (Å²) in [4.78, 5) is 13.5. The highest BCUT2D eigenvalue weighted by molar-refractivity contribution is 6.81. The van der Waals surface area contributed by atoms with Gasteiger partial charge in [-0.1, -0.05) is 43.5 Å². The van der Waals surface area contributed by atoms with Crippen LogP contribution < -0.4 is 4.90 Å². The normalized spacial score (nSPS) is 11.8. The number of hydrogen-bond acceptors (Lipinski definition) is 1. The Morgan fingerprint density at radius 1 is 1.19 bits per heavy atom. The number of anilines is 1. The predicted molar refractivity (Wildman–Crippen MR) is 72.3 cm³/mol. The Balaban J connectivity index is 2.73. The van der Waals surface area contributed by atoms with Crippen LogP contribution >= 0.6 is 0 Å². The Morgan fingerprint density at radius 3 is 2.25 bits per heavy atom. The van der Waals surface area contributed by atoms with E-state index in [-0.39, 0.29) is 5.91 Å². The third kappa shape index (κ3) is 4.02. The van der Waals surface area contributed by atoms with Crippen molar-refractivity contribution in [2.45, 2.75) is 19.6 Å². The molecule has 16 heavy (non-hydrogen) atoms. The second-order valence-corrected chi connectivity index (χ2v) is 10.00. The molecule has 0 fully saturated rings. The Bertz CT molecular complexity index is 379. The summed E-state index contributed by atoms with van der Waals surface area (Å²) in [6.07, 6.45) is 1.69. The number of nitrogens with zero attached hydrogens (tertiary/aromatic N) is 1. The van der Waals surface area contributed by atoms with Gasteiger partial charge in [-0.25, -0.2) is 0 Å². The van der Waals surface area contributed by atoms with Crippen molar-refractivity contribution in [3.63, 3.8) is 0 Å². The minimum Gasteiger partial charge on any atom is -0.312 e. The van der Waals surface area contributed by atoms with Gasteiger partial charge >= 0.3 is 0 Å². The third-order valence-corrected chi connectivity index (χ3v) is 3.37. The first-order valence-electron chi connectivity index (χ1n) is 5.42. The average molecular weight is 233 g/mol. The fraction of sp³-hybridized carbons (Fsp3) is 0.308. The molecule has 0 saturated carbocycles. The first kappa shape index (κ1) is 12.7. The van der Waals surface area contributed by atoms with E-state index in [4.69, 9.17) is 0 Å². The van der Waals surface area contributed by atoms with Gasteiger partial charge in [-0.05, 0) is 18.2 Å². The predicted octanol–water partition coefficient (Wildman–Crippen LogP) is 3.08. The van der Waals surface area contributed by atoms with Crippen LogP contribution in [0.5, 0.6) is 0 Å². The van der Waals surface area contributed by atoms with Crippen LogP contribution in [0, 0.1) is 0 Å². The van der Waals surface area contributed by atoms with Gasteiger partial charge in [0.15, 0.2) is 0 Å². The SMILES string of the molecule is CN(C(=O)/C=C/[Si](C)(C)C)c1ccccc1. The van der Waals surface area contributed by atoms with Gasteiger partial charge in [0.25, 0.3) is 0 Å². The Hall–Kier alpha value is -1.35. The van der Waals surface area contributed by atoms with Crippen molar-refractivity contribution in [3.05, 3.63) is 42.1 Å². The van der Waals surface area contributed by atoms with Gasteiger partial charge in [-0.3, -0.25) is 4.79 Å². The lowest BCUT2D eigenvalue weighted by atomic mass is 10.3. The molecule has 1 aromatic rings. The molecule has 0 bridgehead atoms. The van der Waals surface area contributed by atoms with Crippen LogP contribution in [0.2, 0.25) is 19.6 Å². The molecule has 0 aromatic heterocycles. The molecule has 0 aliphatic rings. The maximum Gasteiger partial charge on any atom is 0.250 e. The number of hydrogen-bond donors (Lipinski definition) is 0. The number of carbonyl (C=O) groups is 1. The minimum atomic E-state index is -1.29. The molecule has 0 aliphatic heterocycles. The smallest absolute Gasteiger partial charge is 0.250 e. The van der Waals surface area contributed by atoms with Crippen LogP contribution in [0.15, 0.2) is 42.1 Å². The molecular formula is C13H19NOSi. The first-order valence-corrected chi connectivity index (χ1v) is 9.00. The Labute approximate surface area is 98.6 Å². The summed E-state index contributed by atoms with van der Waals surface area (Å²) in [5.41, 5.74) is 2.99. The monoisotopic (exact) mass is 233 g/mol. The van der Waals surface area contributed by atoms with E-state index in [1.807, 2.05) is 30.3 Å². The maximum atomic E-state index is 11.9. The highest BCUT2D eigenvalue weighted by atomic mass is 28.3. The lowest BCUT2D eigenvalue weighted by molar-refractivity contribution is -0.113. The lowest BCUT2D eigenvalue weighted by Gasteiger charge is -2.16. The summed E-state index contributed by atoms with van der Waals surface area (Å²) in [6, 6.07) is 9.67. The number of benzene rings is 1. The van der Waals surface area contributed by atoms with Crippen molar-refractivity contribution in [2.24, 2.45) is 0 Å². The van der Waals surface area contributed by atoms with Crippen molar-refractivity contribution in [3.8, 4) is 0 Å². The quantitative estimate of drug-likeness (QED) is 0.580. The highest BCUT2D eigenvalue weighted by Gasteiger charge is 2.11. The van der Waals surface area contributed by atoms with E-state index in [1.165, 1.54) is 0 Å². The molecule has 2 nitrogen and oxygen atoms in total. The highest BCUT2D eigenvalue weighted by Crippen LogP contribution is 2.12. The summed E-state index contributed by atoms with van der Waals surface area (Å²) in [5.74, 6) is 0.0358. The molecule has 0 N–H and O–H groups in total. The van der Waals surface area contributed by atoms with E-state index >= 15 is 0 Å². The number of amides is 1. The zero-order chi connectivity index (χ0) is 12.2. The fourth-order valence-electron chi connectivity index (χ4n) is 1.21. The maximum absolute atomic E-state index is 11.9. The van der Waals surface area contributed by atoms with Gasteiger partial charge in [0.05, 0.1) is 8.07 Å². The van der Waals surface area contributed by atoms with Crippen LogP contribution in [0.25, 0.3) is 0 Å². The van der Waals surface area contributed by atoms with Crippen LogP contribution in [-0.2, 0) is 4.79 Å². The Morgan fingerprint density at radius 2 is 1.75 bits per heavy atom. The summed E-state index contributed by atoms with van der Waals surface area (Å²) in [5, 5.41) is 0. The topological polar surface area (TPSA) is 20.3 Å². The summed E-state index contributed by atoms with van der Waals surface area (Å²) in [7, 11) is 0.503. The van der Waals surface area contributed by atoms with Crippen LogP contribution in [0.1, 0.15) is 0 Å². The number of likely N-dealkylation sites (N-methyl/N-ethyl adjacent to an activating group) is 1. The number of rotatable bonds is 3. The molecule has 1 amide bonds. The number of carbonyl (C=O) groups excluding carboxylic acids is 1. The standard InChI is InChI=1S/C13H19NOSi/c1-14(12-8-6-5-7-9-12)13(15)10-11-16(2,3)4/h5-11H,1-4H3/b11-10+. The van der Waals surface area contributed by atoms with Crippen molar-refractivity contribution in [1.82, 2.24) is 0 Å². The summed E-state index contributed by atoms with van der Waals surface area (Å²) >= 11 is 0. The minimum absolute atomic E-state index is 0.0358. The molecule has 3 heteroatoms. The molecule has 0 aliphatic carbocycles. The van der Waals surface area contributed by atoms with Gasteiger partial charge in [-0.15, -0.1) is 0 Å². The summed E-state index contributed by atoms with van der Waals surface area (Å²) in [6.45, 7) is 6.62. The first-order chi connectivity index (χ1) is 7.40. The van der Waals surface area contributed by atoms with E-state index in [2.05, 4.69) is 25.3 Å². The Kier molecular flexibility index (Phi) is 4.07. The molecule has 0 radical (unpaired) electrons. The van der Waals surface area contributed by atoms with E-state index in [9.17, 15) is 4.79 Å². The molecule has 0 heterocycles. The molecule has 1 aromatic carbocycles. The van der Waals surface area contributed by atoms with Gasteiger partial charge in [0.2, 0.25) is 5.91 Å².